The van der Waals surface area contributed by atoms with Crippen LogP contribution in [0.25, 0.3) is 0 Å². The lowest BCUT2D eigenvalue weighted by Gasteiger charge is -2.24. The fourth-order valence-corrected chi connectivity index (χ4v) is 2.24. The van der Waals surface area contributed by atoms with Gasteiger partial charge in [-0.2, -0.15) is 0 Å². The number of hydrogen-bond donors (Lipinski definition) is 1. The smallest absolute Gasteiger partial charge is 0.243 e. The Morgan fingerprint density at radius 3 is 2.89 bits per heavy atom. The lowest BCUT2D eigenvalue weighted by Crippen LogP contribution is -2.43. The molecule has 4 heteroatoms. The van der Waals surface area contributed by atoms with E-state index >= 15 is 0 Å². The number of amides is 1. The largest absolute Gasteiger partial charge is 0.377 e. The van der Waals surface area contributed by atoms with Crippen LogP contribution in [-0.4, -0.2) is 31.2 Å². The van der Waals surface area contributed by atoms with Crippen molar-refractivity contribution in [3.8, 4) is 0 Å². The Hall–Kier alpha value is -1.39. The molecule has 1 heterocycles. The van der Waals surface area contributed by atoms with E-state index in [0.29, 0.717) is 13.2 Å². The zero-order chi connectivity index (χ0) is 13.8. The van der Waals surface area contributed by atoms with Gasteiger partial charge in [0.05, 0.1) is 18.8 Å². The van der Waals surface area contributed by atoms with Crippen LogP contribution in [0.5, 0.6) is 0 Å². The highest BCUT2D eigenvalue weighted by molar-refractivity contribution is 5.98. The lowest BCUT2D eigenvalue weighted by molar-refractivity contribution is -0.120. The van der Waals surface area contributed by atoms with E-state index in [0.717, 1.165) is 17.8 Å². The summed E-state index contributed by atoms with van der Waals surface area (Å²) in [6.07, 6.45) is 0.188. The van der Waals surface area contributed by atoms with Gasteiger partial charge in [0.2, 0.25) is 5.91 Å². The van der Waals surface area contributed by atoms with Crippen molar-refractivity contribution in [3.05, 3.63) is 29.8 Å². The predicted molar refractivity (Wildman–Crippen MR) is 76.2 cm³/mol. The molecule has 1 N–H and O–H groups in total. The van der Waals surface area contributed by atoms with Gasteiger partial charge in [0, 0.05) is 18.8 Å². The molecule has 4 nitrogen and oxygen atoms in total. The molecule has 0 saturated heterocycles. The van der Waals surface area contributed by atoms with Crippen molar-refractivity contribution in [2.45, 2.75) is 39.5 Å². The summed E-state index contributed by atoms with van der Waals surface area (Å²) in [4.78, 5) is 14.2. The van der Waals surface area contributed by atoms with Gasteiger partial charge < -0.3 is 15.0 Å². The highest BCUT2D eigenvalue weighted by Gasteiger charge is 2.26. The number of nitrogens with one attached hydrogen (secondary N) is 1. The van der Waals surface area contributed by atoms with Crippen LogP contribution < -0.4 is 10.2 Å². The fourth-order valence-electron chi connectivity index (χ4n) is 2.24. The number of para-hydroxylation sites is 1. The van der Waals surface area contributed by atoms with Crippen LogP contribution >= 0.6 is 0 Å². The molecular formula is C15H22N2O2. The van der Waals surface area contributed by atoms with Crippen molar-refractivity contribution >= 4 is 11.6 Å². The Labute approximate surface area is 114 Å². The maximum absolute atomic E-state index is 12.4. The first kappa shape index (κ1) is 14.0. The Morgan fingerprint density at radius 1 is 1.42 bits per heavy atom. The maximum Gasteiger partial charge on any atom is 0.243 e. The quantitative estimate of drug-likeness (QED) is 0.901. The van der Waals surface area contributed by atoms with Crippen molar-refractivity contribution in [3.63, 3.8) is 0 Å². The molecule has 1 amide bonds. The Kier molecular flexibility index (Phi) is 4.56. The third-order valence-corrected chi connectivity index (χ3v) is 3.28. The van der Waals surface area contributed by atoms with Crippen LogP contribution in [0.3, 0.4) is 0 Å². The highest BCUT2D eigenvalue weighted by Crippen LogP contribution is 2.23. The molecule has 0 saturated carbocycles. The lowest BCUT2D eigenvalue weighted by atomic mass is 10.1. The number of nitrogens with zero attached hydrogens (tertiary/aromatic N) is 1. The van der Waals surface area contributed by atoms with E-state index in [1.807, 2.05) is 43.9 Å². The molecule has 0 spiro atoms. The maximum atomic E-state index is 12.4. The van der Waals surface area contributed by atoms with E-state index in [-0.39, 0.29) is 18.1 Å². The van der Waals surface area contributed by atoms with Gasteiger partial charge in [-0.25, -0.2) is 0 Å². The van der Waals surface area contributed by atoms with Crippen molar-refractivity contribution in [2.75, 3.05) is 18.1 Å². The summed E-state index contributed by atoms with van der Waals surface area (Å²) in [6, 6.07) is 7.88. The molecular weight excluding hydrogens is 240 g/mol. The Morgan fingerprint density at radius 2 is 2.16 bits per heavy atom. The topological polar surface area (TPSA) is 41.6 Å². The van der Waals surface area contributed by atoms with Crippen LogP contribution in [0.15, 0.2) is 24.3 Å². The third kappa shape index (κ3) is 3.33. The van der Waals surface area contributed by atoms with Crippen LogP contribution in [0.2, 0.25) is 0 Å². The second kappa shape index (κ2) is 6.17. The number of hydrogen-bond acceptors (Lipinski definition) is 3. The van der Waals surface area contributed by atoms with Gasteiger partial charge >= 0.3 is 0 Å². The average Bonchev–Trinajstić information content (AvgIpc) is 2.51. The molecule has 1 unspecified atom stereocenters. The van der Waals surface area contributed by atoms with Crippen molar-refractivity contribution < 1.29 is 9.53 Å². The number of rotatable bonds is 4. The molecule has 0 fully saturated rings. The first-order valence-corrected chi connectivity index (χ1v) is 6.84. The average molecular weight is 262 g/mol. The van der Waals surface area contributed by atoms with Crippen LogP contribution in [0.4, 0.5) is 5.69 Å². The number of carbonyl (C=O) groups excluding carboxylic acids is 1. The SMILES string of the molecule is CC(C)OCCN1C(=O)C(C)NCc2ccccc21. The highest BCUT2D eigenvalue weighted by atomic mass is 16.5. The number of benzene rings is 1. The third-order valence-electron chi connectivity index (χ3n) is 3.28. The minimum absolute atomic E-state index is 0.109. The van der Waals surface area contributed by atoms with E-state index in [2.05, 4.69) is 11.4 Å². The number of carbonyl (C=O) groups is 1. The van der Waals surface area contributed by atoms with Gasteiger partial charge in [-0.1, -0.05) is 18.2 Å². The van der Waals surface area contributed by atoms with Crippen molar-refractivity contribution in [1.29, 1.82) is 0 Å². The first-order valence-electron chi connectivity index (χ1n) is 6.84. The standard InChI is InChI=1S/C15H22N2O2/c1-11(2)19-9-8-17-14-7-5-4-6-13(14)10-16-12(3)15(17)18/h4-7,11-12,16H,8-10H2,1-3H3. The van der Waals surface area contributed by atoms with Gasteiger partial charge in [-0.3, -0.25) is 4.79 Å². The minimum Gasteiger partial charge on any atom is -0.377 e. The molecule has 1 aliphatic heterocycles. The summed E-state index contributed by atoms with van der Waals surface area (Å²) in [5.74, 6) is 0.109. The predicted octanol–water partition coefficient (Wildman–Crippen LogP) is 1.94. The molecule has 1 aromatic rings. The molecule has 19 heavy (non-hydrogen) atoms. The van der Waals surface area contributed by atoms with Crippen molar-refractivity contribution in [2.24, 2.45) is 0 Å². The molecule has 0 aromatic heterocycles. The molecule has 0 bridgehead atoms. The summed E-state index contributed by atoms with van der Waals surface area (Å²) in [5.41, 5.74) is 2.15. The summed E-state index contributed by atoms with van der Waals surface area (Å²) in [5, 5.41) is 3.25. The number of ether oxygens (including phenoxy) is 1. The first-order chi connectivity index (χ1) is 9.09. The second-order valence-electron chi connectivity index (χ2n) is 5.14. The number of anilines is 1. The van der Waals surface area contributed by atoms with Gasteiger partial charge in [0.25, 0.3) is 0 Å². The Bertz CT molecular complexity index is 446. The fraction of sp³-hybridized carbons (Fsp3) is 0.533. The molecule has 2 rings (SSSR count). The number of fused-ring (bicyclic) bond motifs is 1. The Balaban J connectivity index is 2.18. The minimum atomic E-state index is -0.161. The van der Waals surface area contributed by atoms with Crippen molar-refractivity contribution in [1.82, 2.24) is 5.32 Å². The molecule has 0 radical (unpaired) electrons. The normalized spacial score (nSPS) is 19.5. The van der Waals surface area contributed by atoms with Crippen LogP contribution in [-0.2, 0) is 16.1 Å². The summed E-state index contributed by atoms with van der Waals surface area (Å²) < 4.78 is 5.57. The van der Waals surface area contributed by atoms with Gasteiger partial charge in [0.15, 0.2) is 0 Å². The molecule has 1 aliphatic rings. The monoisotopic (exact) mass is 262 g/mol. The molecule has 0 aliphatic carbocycles. The van der Waals surface area contributed by atoms with E-state index in [9.17, 15) is 4.79 Å². The zero-order valence-electron chi connectivity index (χ0n) is 11.8. The van der Waals surface area contributed by atoms with Crippen LogP contribution in [0, 0.1) is 0 Å². The molecule has 1 aromatic carbocycles. The molecule has 104 valence electrons. The van der Waals surface area contributed by atoms with Gasteiger partial charge in [-0.15, -0.1) is 0 Å². The van der Waals surface area contributed by atoms with E-state index in [1.54, 1.807) is 0 Å². The van der Waals surface area contributed by atoms with Gasteiger partial charge in [-0.05, 0) is 32.4 Å². The van der Waals surface area contributed by atoms with Gasteiger partial charge in [0.1, 0.15) is 0 Å². The van der Waals surface area contributed by atoms with Crippen LogP contribution in [0.1, 0.15) is 26.3 Å². The van der Waals surface area contributed by atoms with E-state index in [4.69, 9.17) is 4.74 Å². The summed E-state index contributed by atoms with van der Waals surface area (Å²) >= 11 is 0. The second-order valence-corrected chi connectivity index (χ2v) is 5.14. The summed E-state index contributed by atoms with van der Waals surface area (Å²) in [6.45, 7) is 7.80. The van der Waals surface area contributed by atoms with E-state index in [1.165, 1.54) is 0 Å². The van der Waals surface area contributed by atoms with E-state index < -0.39 is 0 Å². The zero-order valence-corrected chi connectivity index (χ0v) is 11.8. The molecule has 1 atom stereocenters. The summed E-state index contributed by atoms with van der Waals surface area (Å²) in [7, 11) is 0.